The summed E-state index contributed by atoms with van der Waals surface area (Å²) in [6, 6.07) is 18.0. The summed E-state index contributed by atoms with van der Waals surface area (Å²) in [4.78, 5) is 75.6. The predicted octanol–water partition coefficient (Wildman–Crippen LogP) is 7.81. The first-order valence-electron chi connectivity index (χ1n) is 17.7. The van der Waals surface area contributed by atoms with Crippen LogP contribution in [0, 0.1) is 30.6 Å². The van der Waals surface area contributed by atoms with E-state index in [0.717, 1.165) is 9.91 Å². The minimum Gasteiger partial charge on any atom is -0.508 e. The normalized spacial score (nSPS) is 25.8. The van der Waals surface area contributed by atoms with Gasteiger partial charge in [0.25, 0.3) is 11.8 Å². The van der Waals surface area contributed by atoms with Crippen molar-refractivity contribution in [3.63, 3.8) is 0 Å². The van der Waals surface area contributed by atoms with Gasteiger partial charge in [-0.15, -0.1) is 0 Å². The number of Topliss-reactive ketones (excluding diaryl/α,β-unsaturated/α-hetero) is 1. The second-order valence-corrected chi connectivity index (χ2v) is 15.4. The number of imide groups is 2. The molecule has 56 heavy (non-hydrogen) atoms. The van der Waals surface area contributed by atoms with Gasteiger partial charge in [0.15, 0.2) is 11.6 Å². The maximum atomic E-state index is 15.3. The Balaban J connectivity index is 1.29. The molecule has 10 nitrogen and oxygen atoms in total. The highest BCUT2D eigenvalue weighted by Crippen LogP contribution is 2.64. The number of hydrogen-bond donors (Lipinski definition) is 2. The molecule has 6 unspecified atom stereocenters. The van der Waals surface area contributed by atoms with Crippen LogP contribution >= 0.6 is 23.2 Å². The van der Waals surface area contributed by atoms with Gasteiger partial charge < -0.3 is 5.11 Å². The van der Waals surface area contributed by atoms with E-state index in [1.807, 2.05) is 6.08 Å². The lowest BCUT2D eigenvalue weighted by atomic mass is 9.49. The van der Waals surface area contributed by atoms with Gasteiger partial charge in [-0.2, -0.15) is 18.2 Å². The number of anilines is 2. The number of carbonyl (C=O) groups excluding carboxylic acids is 5. The van der Waals surface area contributed by atoms with Gasteiger partial charge in [0.2, 0.25) is 11.8 Å². The molecule has 4 amide bonds. The van der Waals surface area contributed by atoms with Crippen molar-refractivity contribution in [3.8, 4) is 5.75 Å². The van der Waals surface area contributed by atoms with E-state index in [9.17, 15) is 37.5 Å². The Bertz CT molecular complexity index is 2400. The Kier molecular flexibility index (Phi) is 8.88. The molecule has 2 aliphatic carbocycles. The van der Waals surface area contributed by atoms with Gasteiger partial charge >= 0.3 is 6.18 Å². The van der Waals surface area contributed by atoms with Crippen molar-refractivity contribution in [1.82, 2.24) is 9.99 Å². The van der Waals surface area contributed by atoms with Crippen molar-refractivity contribution in [2.75, 3.05) is 10.3 Å². The molecule has 2 aliphatic heterocycles. The van der Waals surface area contributed by atoms with Crippen molar-refractivity contribution in [1.29, 1.82) is 0 Å². The first-order chi connectivity index (χ1) is 26.5. The number of aromatic nitrogens is 1. The molecular weight excluding hydrogens is 772 g/mol. The largest absolute Gasteiger partial charge is 0.508 e. The van der Waals surface area contributed by atoms with Crippen LogP contribution in [0.15, 0.2) is 90.6 Å². The summed E-state index contributed by atoms with van der Waals surface area (Å²) in [5.41, 5.74) is 2.51. The van der Waals surface area contributed by atoms with E-state index in [4.69, 9.17) is 23.2 Å². The fourth-order valence-electron chi connectivity index (χ4n) is 9.12. The molecule has 3 heterocycles. The van der Waals surface area contributed by atoms with E-state index in [1.54, 1.807) is 43.3 Å². The number of fused-ring (bicyclic) bond motifs is 4. The quantitative estimate of drug-likeness (QED) is 0.115. The number of aromatic hydroxyl groups is 1. The number of rotatable bonds is 6. The zero-order chi connectivity index (χ0) is 40.0. The van der Waals surface area contributed by atoms with Gasteiger partial charge in [0, 0.05) is 22.7 Å². The first kappa shape index (κ1) is 37.4. The number of pyridine rings is 1. The number of carbonyl (C=O) groups is 5. The number of allylic oxidation sites excluding steroid dienone is 2. The molecule has 2 saturated heterocycles. The third-order valence-corrected chi connectivity index (χ3v) is 12.2. The number of phenolic OH excluding ortho intramolecular Hbond substituents is 1. The molecule has 4 aromatic rings. The van der Waals surface area contributed by atoms with E-state index in [1.165, 1.54) is 37.3 Å². The molecule has 8 rings (SSSR count). The Morgan fingerprint density at radius 3 is 2.25 bits per heavy atom. The molecule has 1 aromatic heterocycles. The molecule has 3 fully saturated rings. The molecule has 286 valence electrons. The lowest BCUT2D eigenvalue weighted by Crippen LogP contribution is -2.53. The molecule has 2 N–H and O–H groups in total. The van der Waals surface area contributed by atoms with Crippen LogP contribution in [0.25, 0.3) is 0 Å². The van der Waals surface area contributed by atoms with Crippen LogP contribution in [0.4, 0.5) is 24.7 Å². The highest BCUT2D eigenvalue weighted by Gasteiger charge is 2.70. The van der Waals surface area contributed by atoms with Crippen LogP contribution in [-0.2, 0) is 30.8 Å². The van der Waals surface area contributed by atoms with Gasteiger partial charge in [-0.3, -0.25) is 34.3 Å². The minimum absolute atomic E-state index is 0.0148. The Morgan fingerprint density at radius 1 is 0.929 bits per heavy atom. The predicted molar refractivity (Wildman–Crippen MR) is 199 cm³/mol. The van der Waals surface area contributed by atoms with Gasteiger partial charge in [0.05, 0.1) is 39.4 Å². The van der Waals surface area contributed by atoms with Crippen molar-refractivity contribution in [2.45, 2.75) is 44.2 Å². The molecule has 6 atom stereocenters. The van der Waals surface area contributed by atoms with Gasteiger partial charge in [-0.25, -0.2) is 4.98 Å². The number of ketones is 1. The fourth-order valence-corrected chi connectivity index (χ4v) is 9.45. The molecule has 1 saturated carbocycles. The summed E-state index contributed by atoms with van der Waals surface area (Å²) in [6.45, 7) is 3.08. The van der Waals surface area contributed by atoms with Crippen molar-refractivity contribution in [3.05, 3.63) is 129 Å². The average Bonchev–Trinajstić information content (AvgIpc) is 3.54. The van der Waals surface area contributed by atoms with Crippen molar-refractivity contribution in [2.24, 2.45) is 23.7 Å². The lowest BCUT2D eigenvalue weighted by Gasteiger charge is -2.50. The SMILES string of the molecule is CC(=O)c1ccc(N2C(=O)C3CC=C4C(CC5C(=O)N(Nc6ncc(C(F)(F)F)cc6Cl)C(=O)C5(c5ccc(Cl)cc5)C4c4ccc(O)c(C)c4)C3C2=O)cc1. The molecular formula is C41H31Cl2F3N4O6. The third-order valence-electron chi connectivity index (χ3n) is 11.6. The number of phenols is 1. The second-order valence-electron chi connectivity index (χ2n) is 14.6. The average molecular weight is 804 g/mol. The van der Waals surface area contributed by atoms with Crippen LogP contribution in [0.5, 0.6) is 5.75 Å². The summed E-state index contributed by atoms with van der Waals surface area (Å²) in [7, 11) is 0. The van der Waals surface area contributed by atoms with Gasteiger partial charge in [0.1, 0.15) is 5.75 Å². The maximum Gasteiger partial charge on any atom is 0.417 e. The second kappa shape index (κ2) is 13.3. The number of benzene rings is 3. The Labute approximate surface area is 327 Å². The van der Waals surface area contributed by atoms with E-state index in [2.05, 4.69) is 10.4 Å². The number of nitrogens with zero attached hydrogens (tertiary/aromatic N) is 3. The first-order valence-corrected chi connectivity index (χ1v) is 18.4. The summed E-state index contributed by atoms with van der Waals surface area (Å²) in [5, 5.41) is 11.2. The third kappa shape index (κ3) is 5.62. The number of hydrogen-bond acceptors (Lipinski definition) is 8. The summed E-state index contributed by atoms with van der Waals surface area (Å²) < 4.78 is 40.4. The number of nitrogens with one attached hydrogen (secondary N) is 1. The van der Waals surface area contributed by atoms with E-state index >= 15 is 4.79 Å². The molecule has 0 bridgehead atoms. The molecule has 0 radical (unpaired) electrons. The van der Waals surface area contributed by atoms with Crippen LogP contribution in [0.2, 0.25) is 10.0 Å². The summed E-state index contributed by atoms with van der Waals surface area (Å²) >= 11 is 12.6. The summed E-state index contributed by atoms with van der Waals surface area (Å²) in [6.07, 6.45) is -2.28. The standard InChI is InChI=1S/C41H31Cl2F3N4O6/c1-19-15-22(5-14-32(19)52)34-27-12-13-28-33(38(55)49(36(28)53)26-10-3-21(4-11-26)20(2)51)29(27)17-30-37(54)50(39(56)40(30,34)23-6-8-25(42)9-7-23)48-35-31(43)16-24(18-47-35)41(44,45)46/h3-12,14-16,18,28-30,33-34,52H,13,17H2,1-2H3,(H,47,48). The number of aryl methyl sites for hydroxylation is 1. The van der Waals surface area contributed by atoms with Crippen LogP contribution < -0.4 is 10.3 Å². The van der Waals surface area contributed by atoms with E-state index in [-0.39, 0.29) is 30.2 Å². The highest BCUT2D eigenvalue weighted by atomic mass is 35.5. The van der Waals surface area contributed by atoms with Crippen LogP contribution in [-0.4, -0.2) is 44.5 Å². The monoisotopic (exact) mass is 802 g/mol. The number of halogens is 5. The maximum absolute atomic E-state index is 15.3. The van der Waals surface area contributed by atoms with Gasteiger partial charge in [-0.1, -0.05) is 59.1 Å². The number of alkyl halides is 3. The molecule has 4 aliphatic rings. The minimum atomic E-state index is -4.76. The van der Waals surface area contributed by atoms with Crippen LogP contribution in [0.3, 0.4) is 0 Å². The Hall–Kier alpha value is -5.53. The van der Waals surface area contributed by atoms with Crippen molar-refractivity contribution < 1.29 is 42.3 Å². The highest BCUT2D eigenvalue weighted by molar-refractivity contribution is 6.33. The Morgan fingerprint density at radius 2 is 1.62 bits per heavy atom. The zero-order valence-electron chi connectivity index (χ0n) is 29.6. The lowest BCUT2D eigenvalue weighted by molar-refractivity contribution is -0.139. The topological polar surface area (TPSA) is 137 Å². The fraction of sp³-hybridized carbons (Fsp3) is 0.268. The smallest absolute Gasteiger partial charge is 0.417 e. The number of amides is 4. The van der Waals surface area contributed by atoms with E-state index < -0.39 is 75.4 Å². The number of hydrazine groups is 1. The van der Waals surface area contributed by atoms with Gasteiger partial charge in [-0.05, 0) is 97.8 Å². The molecule has 0 spiro atoms. The molecule has 15 heteroatoms. The van der Waals surface area contributed by atoms with Crippen molar-refractivity contribution >= 4 is 64.1 Å². The zero-order valence-corrected chi connectivity index (χ0v) is 31.1. The van der Waals surface area contributed by atoms with E-state index in [0.29, 0.717) is 50.8 Å². The molecule has 3 aromatic carbocycles. The van der Waals surface area contributed by atoms with Crippen LogP contribution in [0.1, 0.15) is 58.3 Å². The summed E-state index contributed by atoms with van der Waals surface area (Å²) in [5.74, 6) is -7.57.